The van der Waals surface area contributed by atoms with Crippen molar-refractivity contribution in [1.82, 2.24) is 0 Å². The van der Waals surface area contributed by atoms with Crippen LogP contribution in [-0.4, -0.2) is 0 Å². The average molecular weight is 118 g/mol. The molecule has 0 nitrogen and oxygen atoms in total. The summed E-state index contributed by atoms with van der Waals surface area (Å²) in [5, 5.41) is 0. The van der Waals surface area contributed by atoms with E-state index in [1.165, 1.54) is 11.1 Å². The summed E-state index contributed by atoms with van der Waals surface area (Å²) >= 11 is 0. The minimum atomic E-state index is 1.30. The molecule has 0 unspecified atom stereocenters. The monoisotopic (exact) mass is 118 g/mol. The molecule has 0 heterocycles. The minimum absolute atomic E-state index is 1.30. The van der Waals surface area contributed by atoms with Crippen LogP contribution in [0.3, 0.4) is 0 Å². The molecule has 9 heavy (non-hydrogen) atoms. The van der Waals surface area contributed by atoms with E-state index in [0.717, 1.165) is 0 Å². The zero-order valence-electron chi connectivity index (χ0n) is 5.81. The van der Waals surface area contributed by atoms with Gasteiger partial charge in [-0.1, -0.05) is 29.9 Å². The standard InChI is InChI=1S/C9H10/c1-8(2)9-6-4-3-5-7-9/h4-7H,1-2H3. The first-order valence-electron chi connectivity index (χ1n) is 3.07. The van der Waals surface area contributed by atoms with E-state index < -0.39 is 0 Å². The summed E-state index contributed by atoms with van der Waals surface area (Å²) in [5.74, 6) is 0. The lowest BCUT2D eigenvalue weighted by atomic mass is 10.1. The average Bonchev–Trinajstić information content (AvgIpc) is 1.90. The highest BCUT2D eigenvalue weighted by molar-refractivity contribution is 5.40. The quantitative estimate of drug-likeness (QED) is 0.458. The van der Waals surface area contributed by atoms with Crippen LogP contribution in [0.1, 0.15) is 13.8 Å². The fraction of sp³-hybridized carbons (Fsp3) is 0.222. The fourth-order valence-corrected chi connectivity index (χ4v) is 0.720. The van der Waals surface area contributed by atoms with Crippen molar-refractivity contribution in [3.8, 4) is 0 Å². The third-order valence-corrected chi connectivity index (χ3v) is 1.30. The Kier molecular flexibility index (Phi) is 1.88. The molecule has 2 radical (unpaired) electrons. The highest BCUT2D eigenvalue weighted by Gasteiger charge is 1.91. The van der Waals surface area contributed by atoms with Gasteiger partial charge in [-0.05, 0) is 19.4 Å². The Morgan fingerprint density at radius 1 is 1.22 bits per heavy atom. The van der Waals surface area contributed by atoms with E-state index in [0.29, 0.717) is 0 Å². The number of rotatable bonds is 0. The van der Waals surface area contributed by atoms with Crippen LogP contribution in [-0.2, 0) is 0 Å². The molecule has 0 fully saturated rings. The van der Waals surface area contributed by atoms with Gasteiger partial charge in [0, 0.05) is 6.42 Å². The normalized spacial score (nSPS) is 16.4. The van der Waals surface area contributed by atoms with Gasteiger partial charge < -0.3 is 0 Å². The van der Waals surface area contributed by atoms with Gasteiger partial charge in [-0.2, -0.15) is 0 Å². The predicted molar refractivity (Wildman–Crippen MR) is 39.9 cm³/mol. The first-order chi connectivity index (χ1) is 4.30. The van der Waals surface area contributed by atoms with Crippen LogP contribution in [0.5, 0.6) is 0 Å². The summed E-state index contributed by atoms with van der Waals surface area (Å²) < 4.78 is 0. The van der Waals surface area contributed by atoms with Gasteiger partial charge in [-0.15, -0.1) is 0 Å². The topological polar surface area (TPSA) is 0 Å². The van der Waals surface area contributed by atoms with Crippen LogP contribution in [0.15, 0.2) is 35.5 Å². The molecule has 1 rings (SSSR count). The van der Waals surface area contributed by atoms with Crippen molar-refractivity contribution in [1.29, 1.82) is 0 Å². The van der Waals surface area contributed by atoms with E-state index in [4.69, 9.17) is 0 Å². The Morgan fingerprint density at radius 3 is 2.11 bits per heavy atom. The maximum absolute atomic E-state index is 2.97. The SMILES string of the molecule is CC(C)=C1C=C[C]C=C1. The van der Waals surface area contributed by atoms with Crippen molar-refractivity contribution in [3.05, 3.63) is 41.9 Å². The zero-order chi connectivity index (χ0) is 6.69. The molecule has 0 aromatic rings. The van der Waals surface area contributed by atoms with Crippen LogP contribution in [0.25, 0.3) is 0 Å². The van der Waals surface area contributed by atoms with Crippen molar-refractivity contribution in [3.63, 3.8) is 0 Å². The van der Waals surface area contributed by atoms with Crippen LogP contribution >= 0.6 is 0 Å². The zero-order valence-corrected chi connectivity index (χ0v) is 5.81. The maximum Gasteiger partial charge on any atom is 0.0344 e. The minimum Gasteiger partial charge on any atom is -0.0715 e. The van der Waals surface area contributed by atoms with E-state index in [1.807, 2.05) is 12.2 Å². The van der Waals surface area contributed by atoms with E-state index in [-0.39, 0.29) is 0 Å². The summed E-state index contributed by atoms with van der Waals surface area (Å²) in [4.78, 5) is 0. The lowest BCUT2D eigenvalue weighted by molar-refractivity contribution is 1.33. The highest BCUT2D eigenvalue weighted by Crippen LogP contribution is 2.11. The van der Waals surface area contributed by atoms with Crippen LogP contribution in [0, 0.1) is 6.42 Å². The number of allylic oxidation sites excluding steroid dienone is 6. The maximum atomic E-state index is 2.97. The van der Waals surface area contributed by atoms with Gasteiger partial charge in [0.1, 0.15) is 0 Å². The first-order valence-corrected chi connectivity index (χ1v) is 3.07. The molecule has 1 aliphatic carbocycles. The summed E-state index contributed by atoms with van der Waals surface area (Å²) in [7, 11) is 0. The largest absolute Gasteiger partial charge is 0.0715 e. The van der Waals surface area contributed by atoms with Gasteiger partial charge in [0.05, 0.1) is 0 Å². The van der Waals surface area contributed by atoms with Gasteiger partial charge in [0.25, 0.3) is 0 Å². The molecule has 0 atom stereocenters. The third kappa shape index (κ3) is 1.56. The molecule has 0 spiro atoms. The van der Waals surface area contributed by atoms with Crippen molar-refractivity contribution in [2.24, 2.45) is 0 Å². The van der Waals surface area contributed by atoms with Crippen LogP contribution in [0.2, 0.25) is 0 Å². The lowest BCUT2D eigenvalue weighted by Crippen LogP contribution is -1.80. The molecule has 0 saturated heterocycles. The predicted octanol–water partition coefficient (Wildman–Crippen LogP) is 2.53. The van der Waals surface area contributed by atoms with Crippen LogP contribution in [0.4, 0.5) is 0 Å². The van der Waals surface area contributed by atoms with Gasteiger partial charge in [-0.25, -0.2) is 0 Å². The molecular formula is C9H10. The van der Waals surface area contributed by atoms with Crippen molar-refractivity contribution < 1.29 is 0 Å². The smallest absolute Gasteiger partial charge is 0.0344 e. The van der Waals surface area contributed by atoms with Crippen LogP contribution < -0.4 is 0 Å². The highest BCUT2D eigenvalue weighted by atomic mass is 14.0. The van der Waals surface area contributed by atoms with Crippen molar-refractivity contribution >= 4 is 0 Å². The molecule has 0 saturated carbocycles. The van der Waals surface area contributed by atoms with E-state index >= 15 is 0 Å². The second kappa shape index (κ2) is 2.67. The summed E-state index contributed by atoms with van der Waals surface area (Å²) in [5.41, 5.74) is 2.65. The Labute approximate surface area is 56.6 Å². The van der Waals surface area contributed by atoms with Gasteiger partial charge >= 0.3 is 0 Å². The van der Waals surface area contributed by atoms with E-state index in [9.17, 15) is 0 Å². The van der Waals surface area contributed by atoms with Gasteiger partial charge in [-0.3, -0.25) is 0 Å². The van der Waals surface area contributed by atoms with E-state index in [2.05, 4.69) is 32.4 Å². The molecule has 0 aromatic heterocycles. The lowest BCUT2D eigenvalue weighted by Gasteiger charge is -2.00. The Hall–Kier alpha value is -0.780. The molecule has 0 N–H and O–H groups in total. The van der Waals surface area contributed by atoms with Gasteiger partial charge in [0.15, 0.2) is 0 Å². The fourth-order valence-electron chi connectivity index (χ4n) is 0.720. The third-order valence-electron chi connectivity index (χ3n) is 1.30. The molecule has 1 aliphatic rings. The number of hydrogen-bond acceptors (Lipinski definition) is 0. The molecule has 0 aromatic carbocycles. The Balaban J connectivity index is 2.83. The molecule has 0 heteroatoms. The second-order valence-corrected chi connectivity index (χ2v) is 2.29. The summed E-state index contributed by atoms with van der Waals surface area (Å²) in [6.45, 7) is 4.21. The molecule has 0 aliphatic heterocycles. The molecular weight excluding hydrogens is 108 g/mol. The van der Waals surface area contributed by atoms with Gasteiger partial charge in [0.2, 0.25) is 0 Å². The Morgan fingerprint density at radius 2 is 1.78 bits per heavy atom. The summed E-state index contributed by atoms with van der Waals surface area (Å²) in [6.07, 6.45) is 11.0. The number of hydrogen-bond donors (Lipinski definition) is 0. The van der Waals surface area contributed by atoms with E-state index in [1.54, 1.807) is 0 Å². The Bertz CT molecular complexity index is 162. The molecule has 46 valence electrons. The van der Waals surface area contributed by atoms with Crippen molar-refractivity contribution in [2.45, 2.75) is 13.8 Å². The summed E-state index contributed by atoms with van der Waals surface area (Å²) in [6, 6.07) is 0. The second-order valence-electron chi connectivity index (χ2n) is 2.29. The van der Waals surface area contributed by atoms with Crippen molar-refractivity contribution in [2.75, 3.05) is 0 Å². The molecule has 0 bridgehead atoms. The first kappa shape index (κ1) is 6.34. The molecule has 0 amide bonds.